The van der Waals surface area contributed by atoms with Crippen molar-refractivity contribution in [2.24, 2.45) is 5.84 Å². The fraction of sp³-hybridized carbons (Fsp3) is 1.00. The molecule has 1 saturated heterocycles. The van der Waals surface area contributed by atoms with Crippen LogP contribution in [0.3, 0.4) is 0 Å². The Bertz CT molecular complexity index is 62.3. The summed E-state index contributed by atoms with van der Waals surface area (Å²) >= 11 is 0. The molecule has 0 spiro atoms. The van der Waals surface area contributed by atoms with E-state index in [2.05, 4.69) is 10.7 Å². The van der Waals surface area contributed by atoms with E-state index in [9.17, 15) is 0 Å². The first-order valence-electron chi connectivity index (χ1n) is 2.71. The van der Waals surface area contributed by atoms with Crippen LogP contribution < -0.4 is 16.6 Å². The van der Waals surface area contributed by atoms with Gasteiger partial charge in [-0.2, -0.15) is 0 Å². The number of nitrogens with two attached hydrogens (primary N) is 1. The molecule has 1 fully saturated rings. The summed E-state index contributed by atoms with van der Waals surface area (Å²) in [6, 6.07) is 0. The van der Waals surface area contributed by atoms with Crippen molar-refractivity contribution < 1.29 is 4.74 Å². The van der Waals surface area contributed by atoms with E-state index in [1.165, 1.54) is 0 Å². The summed E-state index contributed by atoms with van der Waals surface area (Å²) in [6.07, 6.45) is 0.142. The van der Waals surface area contributed by atoms with Gasteiger partial charge in [-0.05, 0) is 0 Å². The highest BCUT2D eigenvalue weighted by atomic mass is 16.5. The lowest BCUT2D eigenvalue weighted by Crippen LogP contribution is -2.53. The van der Waals surface area contributed by atoms with E-state index < -0.39 is 0 Å². The second kappa shape index (κ2) is 2.99. The van der Waals surface area contributed by atoms with Crippen LogP contribution in [0.25, 0.3) is 0 Å². The van der Waals surface area contributed by atoms with Gasteiger partial charge in [0, 0.05) is 6.54 Å². The second-order valence-corrected chi connectivity index (χ2v) is 1.75. The molecule has 1 aliphatic rings. The molecule has 4 N–H and O–H groups in total. The summed E-state index contributed by atoms with van der Waals surface area (Å²) in [5.74, 6) is 5.11. The third-order valence-corrected chi connectivity index (χ3v) is 1.12. The minimum absolute atomic E-state index is 0.142. The van der Waals surface area contributed by atoms with Gasteiger partial charge >= 0.3 is 0 Å². The monoisotopic (exact) mass is 117 g/mol. The Morgan fingerprint density at radius 1 is 1.75 bits per heavy atom. The SMILES string of the molecule is NNC1COCCN1. The Kier molecular flexibility index (Phi) is 2.23. The highest BCUT2D eigenvalue weighted by Gasteiger charge is 2.08. The standard InChI is InChI=1S/C4H11N3O/c5-7-4-3-8-2-1-6-4/h4,6-7H,1-3,5H2. The molecule has 1 heterocycles. The average molecular weight is 117 g/mol. The van der Waals surface area contributed by atoms with Crippen molar-refractivity contribution in [2.45, 2.75) is 6.17 Å². The number of ether oxygens (including phenoxy) is 1. The summed E-state index contributed by atoms with van der Waals surface area (Å²) in [5, 5.41) is 3.11. The fourth-order valence-corrected chi connectivity index (χ4v) is 0.672. The topological polar surface area (TPSA) is 59.3 Å². The van der Waals surface area contributed by atoms with Crippen LogP contribution in [0, 0.1) is 0 Å². The number of rotatable bonds is 1. The molecule has 4 nitrogen and oxygen atoms in total. The maximum Gasteiger partial charge on any atom is 0.0939 e. The zero-order chi connectivity index (χ0) is 5.82. The zero-order valence-electron chi connectivity index (χ0n) is 4.68. The van der Waals surface area contributed by atoms with E-state index in [0.717, 1.165) is 13.2 Å². The molecule has 4 heteroatoms. The maximum atomic E-state index is 5.11. The average Bonchev–Trinajstić information content (AvgIpc) is 1.90. The van der Waals surface area contributed by atoms with Crippen LogP contribution >= 0.6 is 0 Å². The zero-order valence-corrected chi connectivity index (χ0v) is 4.68. The van der Waals surface area contributed by atoms with Crippen LogP contribution in [0.1, 0.15) is 0 Å². The van der Waals surface area contributed by atoms with Gasteiger partial charge in [0.25, 0.3) is 0 Å². The molecule has 1 aliphatic heterocycles. The lowest BCUT2D eigenvalue weighted by atomic mass is 10.4. The molecule has 1 rings (SSSR count). The van der Waals surface area contributed by atoms with E-state index in [1.54, 1.807) is 0 Å². The molecule has 48 valence electrons. The Hall–Kier alpha value is -0.160. The van der Waals surface area contributed by atoms with Crippen molar-refractivity contribution in [1.29, 1.82) is 0 Å². The quantitative estimate of drug-likeness (QED) is 0.286. The first-order chi connectivity index (χ1) is 3.93. The van der Waals surface area contributed by atoms with Crippen molar-refractivity contribution in [3.63, 3.8) is 0 Å². The lowest BCUT2D eigenvalue weighted by molar-refractivity contribution is 0.0660. The smallest absolute Gasteiger partial charge is 0.0939 e. The molecular weight excluding hydrogens is 106 g/mol. The van der Waals surface area contributed by atoms with Gasteiger partial charge in [-0.25, -0.2) is 5.43 Å². The molecule has 0 aromatic heterocycles. The molecule has 0 aromatic rings. The third-order valence-electron chi connectivity index (χ3n) is 1.12. The Labute approximate surface area is 48.4 Å². The van der Waals surface area contributed by atoms with Crippen LogP contribution in [0.15, 0.2) is 0 Å². The molecular formula is C4H11N3O. The molecule has 8 heavy (non-hydrogen) atoms. The van der Waals surface area contributed by atoms with Gasteiger partial charge in [0.2, 0.25) is 0 Å². The van der Waals surface area contributed by atoms with Crippen LogP contribution in [0.2, 0.25) is 0 Å². The summed E-state index contributed by atoms with van der Waals surface area (Å²) in [7, 11) is 0. The van der Waals surface area contributed by atoms with Gasteiger partial charge in [0.15, 0.2) is 0 Å². The molecule has 0 saturated carbocycles. The lowest BCUT2D eigenvalue weighted by Gasteiger charge is -2.22. The number of morpholine rings is 1. The molecule has 1 atom stereocenters. The van der Waals surface area contributed by atoms with E-state index in [4.69, 9.17) is 10.6 Å². The minimum atomic E-state index is 0.142. The predicted octanol–water partition coefficient (Wildman–Crippen LogP) is -1.60. The van der Waals surface area contributed by atoms with Crippen molar-refractivity contribution >= 4 is 0 Å². The largest absolute Gasteiger partial charge is 0.377 e. The Morgan fingerprint density at radius 3 is 3.00 bits per heavy atom. The molecule has 0 radical (unpaired) electrons. The number of hydrogen-bond donors (Lipinski definition) is 3. The Balaban J connectivity index is 2.13. The Morgan fingerprint density at radius 2 is 2.62 bits per heavy atom. The molecule has 0 bridgehead atoms. The van der Waals surface area contributed by atoms with Crippen molar-refractivity contribution in [3.05, 3.63) is 0 Å². The fourth-order valence-electron chi connectivity index (χ4n) is 0.672. The van der Waals surface area contributed by atoms with Crippen LogP contribution in [0.4, 0.5) is 0 Å². The summed E-state index contributed by atoms with van der Waals surface area (Å²) in [5.41, 5.74) is 2.57. The molecule has 0 amide bonds. The van der Waals surface area contributed by atoms with Gasteiger partial charge in [-0.1, -0.05) is 0 Å². The van der Waals surface area contributed by atoms with Gasteiger partial charge in [0.1, 0.15) is 0 Å². The normalized spacial score (nSPS) is 30.4. The van der Waals surface area contributed by atoms with Crippen molar-refractivity contribution in [3.8, 4) is 0 Å². The first kappa shape index (κ1) is 5.97. The second-order valence-electron chi connectivity index (χ2n) is 1.75. The van der Waals surface area contributed by atoms with E-state index in [0.29, 0.717) is 6.61 Å². The molecule has 0 aromatic carbocycles. The third kappa shape index (κ3) is 1.41. The van der Waals surface area contributed by atoms with Gasteiger partial charge in [-0.3, -0.25) is 11.2 Å². The highest BCUT2D eigenvalue weighted by Crippen LogP contribution is 1.85. The number of hydrogen-bond acceptors (Lipinski definition) is 4. The number of hydrazine groups is 1. The van der Waals surface area contributed by atoms with Crippen LogP contribution in [-0.4, -0.2) is 25.9 Å². The van der Waals surface area contributed by atoms with E-state index in [1.807, 2.05) is 0 Å². The van der Waals surface area contributed by atoms with Gasteiger partial charge < -0.3 is 4.74 Å². The highest BCUT2D eigenvalue weighted by molar-refractivity contribution is 4.63. The maximum absolute atomic E-state index is 5.11. The molecule has 0 aliphatic carbocycles. The summed E-state index contributed by atoms with van der Waals surface area (Å²) in [6.45, 7) is 2.34. The minimum Gasteiger partial charge on any atom is -0.377 e. The van der Waals surface area contributed by atoms with Gasteiger partial charge in [0.05, 0.1) is 19.4 Å². The number of nitrogens with one attached hydrogen (secondary N) is 2. The van der Waals surface area contributed by atoms with Crippen molar-refractivity contribution in [2.75, 3.05) is 19.8 Å². The van der Waals surface area contributed by atoms with Crippen LogP contribution in [-0.2, 0) is 4.74 Å². The van der Waals surface area contributed by atoms with E-state index in [-0.39, 0.29) is 6.17 Å². The summed E-state index contributed by atoms with van der Waals surface area (Å²) in [4.78, 5) is 0. The predicted molar refractivity (Wildman–Crippen MR) is 29.9 cm³/mol. The summed E-state index contributed by atoms with van der Waals surface area (Å²) < 4.78 is 5.07. The van der Waals surface area contributed by atoms with Gasteiger partial charge in [-0.15, -0.1) is 0 Å². The molecule has 1 unspecified atom stereocenters. The van der Waals surface area contributed by atoms with Crippen LogP contribution in [0.5, 0.6) is 0 Å². The first-order valence-corrected chi connectivity index (χ1v) is 2.71. The van der Waals surface area contributed by atoms with E-state index >= 15 is 0 Å². The van der Waals surface area contributed by atoms with Crippen molar-refractivity contribution in [1.82, 2.24) is 10.7 Å².